The maximum atomic E-state index is 13.6. The summed E-state index contributed by atoms with van der Waals surface area (Å²) >= 11 is 0. The Labute approximate surface area is 212 Å². The van der Waals surface area contributed by atoms with Crippen LogP contribution in [0.2, 0.25) is 0 Å². The lowest BCUT2D eigenvalue weighted by atomic mass is 9.66. The Morgan fingerprint density at radius 1 is 1.17 bits per heavy atom. The third-order valence-corrected chi connectivity index (χ3v) is 6.92. The monoisotopic (exact) mass is 505 g/mol. The number of nitrogens with one attached hydrogen (secondary N) is 2. The van der Waals surface area contributed by atoms with E-state index in [1.54, 1.807) is 27.7 Å². The van der Waals surface area contributed by atoms with Crippen LogP contribution in [0.4, 0.5) is 4.79 Å². The first-order valence-corrected chi connectivity index (χ1v) is 12.9. The van der Waals surface area contributed by atoms with Gasteiger partial charge in [0.25, 0.3) is 0 Å². The lowest BCUT2D eigenvalue weighted by Gasteiger charge is -2.47. The molecule has 0 aromatic heterocycles. The van der Waals surface area contributed by atoms with Crippen molar-refractivity contribution in [2.24, 2.45) is 5.92 Å². The van der Waals surface area contributed by atoms with Crippen molar-refractivity contribution < 1.29 is 33.4 Å². The maximum absolute atomic E-state index is 13.6. The van der Waals surface area contributed by atoms with Crippen molar-refractivity contribution in [2.45, 2.75) is 102 Å². The minimum Gasteiger partial charge on any atom is -0.464 e. The first-order chi connectivity index (χ1) is 17.0. The van der Waals surface area contributed by atoms with Gasteiger partial charge in [0.05, 0.1) is 13.2 Å². The van der Waals surface area contributed by atoms with Crippen LogP contribution in [0.5, 0.6) is 0 Å². The van der Waals surface area contributed by atoms with Gasteiger partial charge in [-0.05, 0) is 59.8 Å². The second-order valence-electron chi connectivity index (χ2n) is 10.8. The number of ether oxygens (including phenoxy) is 2. The molecule has 3 rings (SSSR count). The number of fused-ring (bicyclic) bond motifs is 2. The van der Waals surface area contributed by atoms with Crippen LogP contribution >= 0.6 is 0 Å². The predicted octanol–water partition coefficient (Wildman–Crippen LogP) is 2.40. The molecular weight excluding hydrogens is 466 g/mol. The van der Waals surface area contributed by atoms with E-state index in [0.29, 0.717) is 19.3 Å². The van der Waals surface area contributed by atoms with E-state index >= 15 is 0 Å². The molecule has 3 aliphatic rings. The highest BCUT2D eigenvalue weighted by molar-refractivity contribution is 6.02. The largest absolute Gasteiger partial charge is 0.464 e. The molecule has 36 heavy (non-hydrogen) atoms. The first kappa shape index (κ1) is 27.7. The van der Waals surface area contributed by atoms with Gasteiger partial charge >= 0.3 is 12.1 Å². The van der Waals surface area contributed by atoms with E-state index in [4.69, 9.17) is 9.47 Å². The zero-order chi connectivity index (χ0) is 26.5. The highest BCUT2D eigenvalue weighted by Crippen LogP contribution is 2.41. The molecule has 10 nitrogen and oxygen atoms in total. The zero-order valence-corrected chi connectivity index (χ0v) is 21.8. The van der Waals surface area contributed by atoms with Crippen molar-refractivity contribution in [1.82, 2.24) is 15.5 Å². The number of allylic oxidation sites excluding steroid dienone is 1. The van der Waals surface area contributed by atoms with Crippen LogP contribution in [0.15, 0.2) is 12.2 Å². The standard InChI is InChI=1S/C26H39N3O7/c1-5-35-23(33)26-14-13-17(26)11-9-7-6-8-10-12-19(27-24(34)36-25(2,3)4)22(32)29-16-18(30)15-20(29)21(31)28-26/h9,11,17,19-20H,5-8,10,12-16H2,1-4H3,(H,27,34)(H,28,31)/b11-9-/t17-,19+,20+,26-/m1/s1. The molecule has 2 N–H and O–H groups in total. The summed E-state index contributed by atoms with van der Waals surface area (Å²) < 4.78 is 10.6. The highest BCUT2D eigenvalue weighted by atomic mass is 16.6. The molecule has 2 heterocycles. The van der Waals surface area contributed by atoms with Gasteiger partial charge in [-0.1, -0.05) is 25.0 Å². The van der Waals surface area contributed by atoms with Gasteiger partial charge < -0.3 is 25.0 Å². The van der Waals surface area contributed by atoms with Crippen molar-refractivity contribution in [3.05, 3.63) is 12.2 Å². The Morgan fingerprint density at radius 3 is 2.56 bits per heavy atom. The topological polar surface area (TPSA) is 131 Å². The van der Waals surface area contributed by atoms with E-state index in [2.05, 4.69) is 10.6 Å². The summed E-state index contributed by atoms with van der Waals surface area (Å²) in [5.41, 5.74) is -1.95. The molecular formula is C26H39N3O7. The second-order valence-corrected chi connectivity index (χ2v) is 10.8. The van der Waals surface area contributed by atoms with E-state index in [1.165, 1.54) is 4.90 Å². The Balaban J connectivity index is 1.88. The van der Waals surface area contributed by atoms with Crippen molar-refractivity contribution in [2.75, 3.05) is 13.2 Å². The summed E-state index contributed by atoms with van der Waals surface area (Å²) in [6, 6.07) is -1.99. The summed E-state index contributed by atoms with van der Waals surface area (Å²) in [6.07, 6.45) is 7.80. The summed E-state index contributed by atoms with van der Waals surface area (Å²) in [5.74, 6) is -2.04. The van der Waals surface area contributed by atoms with Crippen molar-refractivity contribution >= 4 is 29.7 Å². The van der Waals surface area contributed by atoms with E-state index in [9.17, 15) is 24.0 Å². The highest BCUT2D eigenvalue weighted by Gasteiger charge is 2.55. The number of nitrogens with zero attached hydrogens (tertiary/aromatic N) is 1. The van der Waals surface area contributed by atoms with Crippen molar-refractivity contribution in [3.63, 3.8) is 0 Å². The van der Waals surface area contributed by atoms with Gasteiger partial charge in [0, 0.05) is 12.3 Å². The Bertz CT molecular complexity index is 910. The van der Waals surface area contributed by atoms with Gasteiger partial charge in [-0.25, -0.2) is 9.59 Å². The Hall–Kier alpha value is -2.91. The molecule has 2 fully saturated rings. The lowest BCUT2D eigenvalue weighted by Crippen LogP contribution is -2.67. The van der Waals surface area contributed by atoms with Crippen LogP contribution in [0.25, 0.3) is 0 Å². The lowest BCUT2D eigenvalue weighted by molar-refractivity contribution is -0.161. The van der Waals surface area contributed by atoms with Crippen LogP contribution in [-0.2, 0) is 28.7 Å². The van der Waals surface area contributed by atoms with E-state index in [-0.39, 0.29) is 31.3 Å². The summed E-state index contributed by atoms with van der Waals surface area (Å²) in [7, 11) is 0. The number of alkyl carbamates (subject to hydrolysis) is 1. The summed E-state index contributed by atoms with van der Waals surface area (Å²) in [6.45, 7) is 6.85. The average Bonchev–Trinajstić information content (AvgIpc) is 3.17. The zero-order valence-electron chi connectivity index (χ0n) is 21.8. The number of Topliss-reactive ketones (excluding diaryl/α,β-unsaturated/α-hetero) is 1. The minimum atomic E-state index is -1.21. The SMILES string of the molecule is CCOC(=O)[C@@]12CC[C@H]1/C=C\CCCCC[C@H](NC(=O)OC(C)(C)C)C(=O)N1CC(=O)C[C@H]1C(=O)N2. The number of rotatable bonds is 3. The maximum Gasteiger partial charge on any atom is 0.408 e. The van der Waals surface area contributed by atoms with Crippen LogP contribution in [0.3, 0.4) is 0 Å². The normalized spacial score (nSPS) is 30.5. The third kappa shape index (κ3) is 6.44. The number of carbonyl (C=O) groups is 5. The van der Waals surface area contributed by atoms with Crippen molar-refractivity contribution in [3.8, 4) is 0 Å². The van der Waals surface area contributed by atoms with Gasteiger partial charge in [0.1, 0.15) is 23.2 Å². The van der Waals surface area contributed by atoms with Crippen molar-refractivity contribution in [1.29, 1.82) is 0 Å². The molecule has 0 unspecified atom stereocenters. The number of ketones is 1. The fourth-order valence-corrected chi connectivity index (χ4v) is 4.99. The smallest absolute Gasteiger partial charge is 0.408 e. The molecule has 2 aliphatic heterocycles. The number of amides is 3. The second kappa shape index (κ2) is 11.4. The predicted molar refractivity (Wildman–Crippen MR) is 131 cm³/mol. The molecule has 10 heteroatoms. The molecule has 3 amide bonds. The Kier molecular flexibility index (Phi) is 8.79. The Morgan fingerprint density at radius 2 is 1.92 bits per heavy atom. The molecule has 0 spiro atoms. The van der Waals surface area contributed by atoms with E-state index < -0.39 is 47.1 Å². The van der Waals surface area contributed by atoms with E-state index in [0.717, 1.165) is 25.7 Å². The van der Waals surface area contributed by atoms with Gasteiger partial charge in [-0.2, -0.15) is 0 Å². The van der Waals surface area contributed by atoms with Gasteiger partial charge in [0.15, 0.2) is 5.78 Å². The van der Waals surface area contributed by atoms with E-state index in [1.807, 2.05) is 12.2 Å². The summed E-state index contributed by atoms with van der Waals surface area (Å²) in [5, 5.41) is 5.51. The molecule has 0 aromatic carbocycles. The number of hydrogen-bond acceptors (Lipinski definition) is 7. The average molecular weight is 506 g/mol. The summed E-state index contributed by atoms with van der Waals surface area (Å²) in [4.78, 5) is 66.0. The van der Waals surface area contributed by atoms with Crippen LogP contribution in [0.1, 0.15) is 79.1 Å². The first-order valence-electron chi connectivity index (χ1n) is 12.9. The quantitative estimate of drug-likeness (QED) is 0.445. The van der Waals surface area contributed by atoms with Gasteiger partial charge in [-0.3, -0.25) is 14.4 Å². The number of carbonyl (C=O) groups excluding carboxylic acids is 5. The van der Waals surface area contributed by atoms with Crippen LogP contribution < -0.4 is 10.6 Å². The number of esters is 1. The molecule has 200 valence electrons. The minimum absolute atomic E-state index is 0.143. The molecule has 1 saturated carbocycles. The van der Waals surface area contributed by atoms with Crippen LogP contribution in [-0.4, -0.2) is 70.9 Å². The van der Waals surface area contributed by atoms with Crippen LogP contribution in [0, 0.1) is 5.92 Å². The third-order valence-electron chi connectivity index (χ3n) is 6.92. The number of hydrogen-bond donors (Lipinski definition) is 2. The molecule has 1 aliphatic carbocycles. The molecule has 4 atom stereocenters. The van der Waals surface area contributed by atoms with Gasteiger partial charge in [-0.15, -0.1) is 0 Å². The molecule has 1 saturated heterocycles. The fraction of sp³-hybridized carbons (Fsp3) is 0.731. The molecule has 0 bridgehead atoms. The fourth-order valence-electron chi connectivity index (χ4n) is 4.99. The molecule has 0 aromatic rings. The van der Waals surface area contributed by atoms with Gasteiger partial charge in [0.2, 0.25) is 11.8 Å². The molecule has 0 radical (unpaired) electrons.